The molecule has 3 heteroatoms. The number of hydrogen-bond acceptors (Lipinski definition) is 3. The van der Waals surface area contributed by atoms with E-state index >= 15 is 0 Å². The van der Waals surface area contributed by atoms with Crippen LogP contribution in [-0.4, -0.2) is 17.5 Å². The van der Waals surface area contributed by atoms with E-state index in [4.69, 9.17) is 9.84 Å². The predicted octanol–water partition coefficient (Wildman–Crippen LogP) is 3.37. The van der Waals surface area contributed by atoms with Gasteiger partial charge in [-0.25, -0.2) is 0 Å². The lowest BCUT2D eigenvalue weighted by Crippen LogP contribution is -2.05. The van der Waals surface area contributed by atoms with Gasteiger partial charge in [0, 0.05) is 5.56 Å². The van der Waals surface area contributed by atoms with Crippen LogP contribution >= 0.6 is 0 Å². The molecule has 2 aromatic rings. The Hall–Kier alpha value is -2.55. The molecule has 1 N–H and O–H groups in total. The molecule has 96 valence electrons. The molecule has 0 radical (unpaired) electrons. The molecule has 0 aliphatic rings. The molecule has 0 fully saturated rings. The Morgan fingerprint density at radius 1 is 1.05 bits per heavy atom. The molecule has 2 aromatic carbocycles. The number of ketones is 1. The minimum Gasteiger partial charge on any atom is -0.516 e. The molecule has 0 aromatic heterocycles. The maximum Gasteiger partial charge on any atom is 0.196 e. The SMILES string of the molecule is O=C(c1ccccc1)c1ccccc1OCC=CO. The van der Waals surface area contributed by atoms with Crippen LogP contribution in [0.2, 0.25) is 0 Å². The zero-order valence-electron chi connectivity index (χ0n) is 10.3. The quantitative estimate of drug-likeness (QED) is 0.657. The highest BCUT2D eigenvalue weighted by Gasteiger charge is 2.13. The predicted molar refractivity (Wildman–Crippen MR) is 73.6 cm³/mol. The summed E-state index contributed by atoms with van der Waals surface area (Å²) in [6, 6.07) is 16.1. The highest BCUT2D eigenvalue weighted by Crippen LogP contribution is 2.21. The number of para-hydroxylation sites is 1. The van der Waals surface area contributed by atoms with Crippen molar-refractivity contribution in [2.75, 3.05) is 6.61 Å². The first-order valence-corrected chi connectivity index (χ1v) is 5.93. The van der Waals surface area contributed by atoms with Crippen molar-refractivity contribution in [1.29, 1.82) is 0 Å². The molecule has 0 saturated carbocycles. The fourth-order valence-electron chi connectivity index (χ4n) is 1.71. The van der Waals surface area contributed by atoms with E-state index in [-0.39, 0.29) is 12.4 Å². The molecular weight excluding hydrogens is 240 g/mol. The second-order valence-corrected chi connectivity index (χ2v) is 3.89. The minimum absolute atomic E-state index is 0.0795. The van der Waals surface area contributed by atoms with E-state index in [9.17, 15) is 4.79 Å². The maximum absolute atomic E-state index is 12.4. The highest BCUT2D eigenvalue weighted by molar-refractivity contribution is 6.10. The lowest BCUT2D eigenvalue weighted by atomic mass is 10.0. The Balaban J connectivity index is 2.27. The van der Waals surface area contributed by atoms with Crippen LogP contribution in [0.4, 0.5) is 0 Å². The molecule has 2 rings (SSSR count). The summed E-state index contributed by atoms with van der Waals surface area (Å²) in [7, 11) is 0. The topological polar surface area (TPSA) is 46.5 Å². The van der Waals surface area contributed by atoms with Crippen LogP contribution in [0.5, 0.6) is 5.75 Å². The highest BCUT2D eigenvalue weighted by atomic mass is 16.5. The largest absolute Gasteiger partial charge is 0.516 e. The van der Waals surface area contributed by atoms with Crippen molar-refractivity contribution in [3.05, 3.63) is 78.1 Å². The van der Waals surface area contributed by atoms with Gasteiger partial charge in [-0.2, -0.15) is 0 Å². The van der Waals surface area contributed by atoms with Gasteiger partial charge >= 0.3 is 0 Å². The van der Waals surface area contributed by atoms with E-state index in [0.717, 1.165) is 6.26 Å². The zero-order valence-corrected chi connectivity index (χ0v) is 10.3. The molecule has 0 saturated heterocycles. The third-order valence-corrected chi connectivity index (χ3v) is 2.61. The van der Waals surface area contributed by atoms with E-state index < -0.39 is 0 Å². The second kappa shape index (κ2) is 6.40. The number of hydrogen-bond donors (Lipinski definition) is 1. The standard InChI is InChI=1S/C16H14O3/c17-11-6-12-19-15-10-5-4-9-14(15)16(18)13-7-2-1-3-8-13/h1-11,17H,12H2. The van der Waals surface area contributed by atoms with Gasteiger partial charge in [-0.3, -0.25) is 4.79 Å². The van der Waals surface area contributed by atoms with Gasteiger partial charge in [-0.05, 0) is 18.2 Å². The van der Waals surface area contributed by atoms with Crippen LogP contribution in [0.15, 0.2) is 66.9 Å². The number of carbonyl (C=O) groups excluding carboxylic acids is 1. The number of benzene rings is 2. The van der Waals surface area contributed by atoms with E-state index in [0.29, 0.717) is 16.9 Å². The Morgan fingerprint density at radius 2 is 1.74 bits per heavy atom. The van der Waals surface area contributed by atoms with E-state index in [2.05, 4.69) is 0 Å². The Morgan fingerprint density at radius 3 is 2.47 bits per heavy atom. The van der Waals surface area contributed by atoms with Crippen molar-refractivity contribution in [1.82, 2.24) is 0 Å². The van der Waals surface area contributed by atoms with E-state index in [1.165, 1.54) is 6.08 Å². The molecule has 0 heterocycles. The van der Waals surface area contributed by atoms with Crippen molar-refractivity contribution in [2.45, 2.75) is 0 Å². The third-order valence-electron chi connectivity index (χ3n) is 2.61. The fourth-order valence-corrected chi connectivity index (χ4v) is 1.71. The van der Waals surface area contributed by atoms with Crippen LogP contribution in [0.1, 0.15) is 15.9 Å². The summed E-state index contributed by atoms with van der Waals surface area (Å²) in [4.78, 5) is 12.4. The summed E-state index contributed by atoms with van der Waals surface area (Å²) in [5, 5.41) is 8.57. The first kappa shape index (κ1) is 12.9. The number of aliphatic hydroxyl groups excluding tert-OH is 1. The van der Waals surface area contributed by atoms with Gasteiger partial charge in [0.25, 0.3) is 0 Å². The Bertz CT molecular complexity index is 574. The molecule has 0 atom stereocenters. The molecular formula is C16H14O3. The molecule has 0 unspecified atom stereocenters. The number of carbonyl (C=O) groups is 1. The van der Waals surface area contributed by atoms with Crippen LogP contribution in [0.25, 0.3) is 0 Å². The maximum atomic E-state index is 12.4. The lowest BCUT2D eigenvalue weighted by molar-refractivity contribution is 0.103. The van der Waals surface area contributed by atoms with Gasteiger partial charge in [-0.1, -0.05) is 42.5 Å². The normalized spacial score (nSPS) is 10.5. The molecule has 0 aliphatic heterocycles. The molecule has 0 bridgehead atoms. The minimum atomic E-state index is -0.0795. The van der Waals surface area contributed by atoms with Gasteiger partial charge in [0.1, 0.15) is 12.4 Å². The average molecular weight is 254 g/mol. The average Bonchev–Trinajstić information content (AvgIpc) is 2.48. The van der Waals surface area contributed by atoms with Gasteiger partial charge in [0.2, 0.25) is 0 Å². The molecule has 0 aliphatic carbocycles. The zero-order chi connectivity index (χ0) is 13.5. The summed E-state index contributed by atoms with van der Waals surface area (Å²) >= 11 is 0. The van der Waals surface area contributed by atoms with Gasteiger partial charge in [0.05, 0.1) is 11.8 Å². The Kier molecular flexibility index (Phi) is 4.34. The first-order chi connectivity index (χ1) is 9.33. The first-order valence-electron chi connectivity index (χ1n) is 5.93. The molecule has 0 amide bonds. The van der Waals surface area contributed by atoms with E-state index in [1.807, 2.05) is 18.2 Å². The fraction of sp³-hybridized carbons (Fsp3) is 0.0625. The summed E-state index contributed by atoms with van der Waals surface area (Å²) in [6.07, 6.45) is 2.38. The van der Waals surface area contributed by atoms with Crippen LogP contribution in [-0.2, 0) is 0 Å². The molecule has 19 heavy (non-hydrogen) atoms. The number of rotatable bonds is 5. The van der Waals surface area contributed by atoms with Crippen molar-refractivity contribution in [2.24, 2.45) is 0 Å². The van der Waals surface area contributed by atoms with Crippen molar-refractivity contribution in [3.8, 4) is 5.75 Å². The van der Waals surface area contributed by atoms with Gasteiger partial charge in [-0.15, -0.1) is 0 Å². The molecule has 0 spiro atoms. The van der Waals surface area contributed by atoms with Crippen LogP contribution < -0.4 is 4.74 Å². The third kappa shape index (κ3) is 3.22. The lowest BCUT2D eigenvalue weighted by Gasteiger charge is -2.09. The van der Waals surface area contributed by atoms with Crippen molar-refractivity contribution >= 4 is 5.78 Å². The van der Waals surface area contributed by atoms with Crippen molar-refractivity contribution in [3.63, 3.8) is 0 Å². The Labute approximate surface area is 111 Å². The van der Waals surface area contributed by atoms with Crippen LogP contribution in [0, 0.1) is 0 Å². The second-order valence-electron chi connectivity index (χ2n) is 3.89. The van der Waals surface area contributed by atoms with Crippen LogP contribution in [0.3, 0.4) is 0 Å². The summed E-state index contributed by atoms with van der Waals surface area (Å²) in [5.41, 5.74) is 1.14. The van der Waals surface area contributed by atoms with Gasteiger partial charge in [0.15, 0.2) is 5.78 Å². The summed E-state index contributed by atoms with van der Waals surface area (Å²) in [5.74, 6) is 0.429. The number of aliphatic hydroxyl groups is 1. The van der Waals surface area contributed by atoms with E-state index in [1.54, 1.807) is 36.4 Å². The molecule has 3 nitrogen and oxygen atoms in total. The van der Waals surface area contributed by atoms with Gasteiger partial charge < -0.3 is 9.84 Å². The smallest absolute Gasteiger partial charge is 0.196 e. The monoisotopic (exact) mass is 254 g/mol. The number of ether oxygens (including phenoxy) is 1. The summed E-state index contributed by atoms with van der Waals surface area (Å²) < 4.78 is 5.45. The van der Waals surface area contributed by atoms with Crippen molar-refractivity contribution < 1.29 is 14.6 Å². The summed E-state index contributed by atoms with van der Waals surface area (Å²) in [6.45, 7) is 0.218.